The van der Waals surface area contributed by atoms with Crippen molar-refractivity contribution in [3.63, 3.8) is 0 Å². The van der Waals surface area contributed by atoms with Crippen LogP contribution in [0.4, 0.5) is 10.2 Å². The van der Waals surface area contributed by atoms with Crippen LogP contribution in [0.5, 0.6) is 0 Å². The highest BCUT2D eigenvalue weighted by Crippen LogP contribution is 2.40. The Balaban J connectivity index is 1.62. The number of rotatable bonds is 8. The second-order valence-electron chi connectivity index (χ2n) is 9.29. The fourth-order valence-corrected chi connectivity index (χ4v) is 4.77. The molecule has 11 heteroatoms. The SMILES string of the molecule is CSCCCNC(=O)c1nc(-c2nn(Cc3ccccc3F)c3ncccc23)nc2c1C(C)(C)C(N)=N2. The molecule has 0 spiro atoms. The summed E-state index contributed by atoms with van der Waals surface area (Å²) >= 11 is 1.72. The average Bonchev–Trinajstić information content (AvgIpc) is 3.36. The number of thioether (sulfide) groups is 1. The lowest BCUT2D eigenvalue weighted by atomic mass is 9.84. The van der Waals surface area contributed by atoms with Gasteiger partial charge in [0.25, 0.3) is 5.91 Å². The summed E-state index contributed by atoms with van der Waals surface area (Å²) < 4.78 is 16.0. The molecule has 190 valence electrons. The predicted molar refractivity (Wildman–Crippen MR) is 144 cm³/mol. The Labute approximate surface area is 217 Å². The number of benzene rings is 1. The molecule has 4 aromatic rings. The van der Waals surface area contributed by atoms with Crippen LogP contribution in [0.3, 0.4) is 0 Å². The number of amides is 1. The maximum absolute atomic E-state index is 14.4. The van der Waals surface area contributed by atoms with E-state index in [1.165, 1.54) is 6.07 Å². The van der Waals surface area contributed by atoms with Gasteiger partial charge in [0.2, 0.25) is 0 Å². The van der Waals surface area contributed by atoms with E-state index in [1.54, 1.807) is 46.9 Å². The molecule has 0 aliphatic carbocycles. The molecule has 0 unspecified atom stereocenters. The Kier molecular flexibility index (Phi) is 6.63. The first-order valence-corrected chi connectivity index (χ1v) is 13.3. The van der Waals surface area contributed by atoms with Crippen molar-refractivity contribution >= 4 is 40.4 Å². The maximum atomic E-state index is 14.4. The van der Waals surface area contributed by atoms with Crippen LogP contribution in [0.25, 0.3) is 22.6 Å². The average molecular weight is 519 g/mol. The van der Waals surface area contributed by atoms with E-state index < -0.39 is 5.41 Å². The van der Waals surface area contributed by atoms with E-state index in [9.17, 15) is 9.18 Å². The third-order valence-corrected chi connectivity index (χ3v) is 7.10. The van der Waals surface area contributed by atoms with Gasteiger partial charge in [0.15, 0.2) is 17.3 Å². The Bertz CT molecular complexity index is 1530. The summed E-state index contributed by atoms with van der Waals surface area (Å²) in [4.78, 5) is 31.6. The van der Waals surface area contributed by atoms with E-state index in [4.69, 9.17) is 15.8 Å². The highest BCUT2D eigenvalue weighted by atomic mass is 32.2. The summed E-state index contributed by atoms with van der Waals surface area (Å²) in [6.45, 7) is 4.49. The number of pyridine rings is 1. The van der Waals surface area contributed by atoms with Crippen LogP contribution in [0.1, 0.15) is 41.9 Å². The summed E-state index contributed by atoms with van der Waals surface area (Å²) in [5, 5.41) is 8.35. The van der Waals surface area contributed by atoms with Crippen molar-refractivity contribution in [1.82, 2.24) is 30.0 Å². The van der Waals surface area contributed by atoms with E-state index in [1.807, 2.05) is 26.2 Å². The highest BCUT2D eigenvalue weighted by molar-refractivity contribution is 7.98. The van der Waals surface area contributed by atoms with Crippen molar-refractivity contribution in [2.45, 2.75) is 32.2 Å². The van der Waals surface area contributed by atoms with Gasteiger partial charge >= 0.3 is 0 Å². The van der Waals surface area contributed by atoms with Crippen LogP contribution in [0, 0.1) is 5.82 Å². The van der Waals surface area contributed by atoms with Gasteiger partial charge in [-0.3, -0.25) is 4.79 Å². The van der Waals surface area contributed by atoms with Gasteiger partial charge in [0.1, 0.15) is 23.0 Å². The molecule has 1 amide bonds. The number of aliphatic imine (C=N–C) groups is 1. The largest absolute Gasteiger partial charge is 0.386 e. The van der Waals surface area contributed by atoms with Crippen LogP contribution >= 0.6 is 11.8 Å². The first-order valence-electron chi connectivity index (χ1n) is 11.9. The molecular weight excluding hydrogens is 491 g/mol. The monoisotopic (exact) mass is 518 g/mol. The third kappa shape index (κ3) is 4.55. The first kappa shape index (κ1) is 24.8. The minimum absolute atomic E-state index is 0.173. The standard InChI is InChI=1S/C26H27FN8OS/c1-26(2)18-20(24(36)30-12-7-13-37-3)31-22(32-21(18)33-25(26)28)19-16-9-6-11-29-23(16)35(34-19)14-15-8-4-5-10-17(15)27/h4-6,8-11H,7,12-14H2,1-3H3,(H,30,36)(H2,28,31,32,33). The van der Waals surface area contributed by atoms with Gasteiger partial charge in [0.05, 0.1) is 17.3 Å². The molecule has 0 saturated carbocycles. The van der Waals surface area contributed by atoms with Crippen molar-refractivity contribution in [2.24, 2.45) is 10.7 Å². The van der Waals surface area contributed by atoms with Gasteiger partial charge in [-0.15, -0.1) is 0 Å². The highest BCUT2D eigenvalue weighted by Gasteiger charge is 2.40. The van der Waals surface area contributed by atoms with Gasteiger partial charge in [0, 0.05) is 23.9 Å². The van der Waals surface area contributed by atoms with Gasteiger partial charge in [-0.1, -0.05) is 18.2 Å². The number of carbonyl (C=O) groups excluding carboxylic acids is 1. The molecule has 4 heterocycles. The number of carbonyl (C=O) groups is 1. The van der Waals surface area contributed by atoms with Gasteiger partial charge < -0.3 is 11.1 Å². The molecule has 0 atom stereocenters. The number of amidine groups is 1. The molecule has 0 bridgehead atoms. The molecule has 37 heavy (non-hydrogen) atoms. The normalized spacial score (nSPS) is 14.0. The number of nitrogens with one attached hydrogen (secondary N) is 1. The summed E-state index contributed by atoms with van der Waals surface area (Å²) in [6.07, 6.45) is 4.51. The van der Waals surface area contributed by atoms with Crippen LogP contribution in [0.15, 0.2) is 47.6 Å². The summed E-state index contributed by atoms with van der Waals surface area (Å²) in [5.74, 6) is 1.24. The van der Waals surface area contributed by atoms with Crippen LogP contribution in [0.2, 0.25) is 0 Å². The number of hydrogen-bond donors (Lipinski definition) is 2. The molecule has 1 aromatic carbocycles. The van der Waals surface area contributed by atoms with E-state index >= 15 is 0 Å². The van der Waals surface area contributed by atoms with Gasteiger partial charge in [-0.2, -0.15) is 16.9 Å². The zero-order valence-electron chi connectivity index (χ0n) is 20.8. The lowest BCUT2D eigenvalue weighted by Crippen LogP contribution is -2.36. The van der Waals surface area contributed by atoms with Crippen molar-refractivity contribution in [3.05, 3.63) is 65.2 Å². The lowest BCUT2D eigenvalue weighted by Gasteiger charge is -2.21. The second kappa shape index (κ2) is 9.89. The smallest absolute Gasteiger partial charge is 0.270 e. The molecule has 5 rings (SSSR count). The Morgan fingerprint density at radius 3 is 2.78 bits per heavy atom. The van der Waals surface area contributed by atoms with E-state index in [-0.39, 0.29) is 29.8 Å². The lowest BCUT2D eigenvalue weighted by molar-refractivity contribution is 0.0947. The number of nitrogens with zero attached hydrogens (tertiary/aromatic N) is 6. The first-order chi connectivity index (χ1) is 17.8. The summed E-state index contributed by atoms with van der Waals surface area (Å²) in [7, 11) is 0. The van der Waals surface area contributed by atoms with Crippen LogP contribution in [-0.2, 0) is 12.0 Å². The number of aromatic nitrogens is 5. The third-order valence-electron chi connectivity index (χ3n) is 6.40. The molecule has 1 aliphatic rings. The van der Waals surface area contributed by atoms with E-state index in [0.29, 0.717) is 46.1 Å². The van der Waals surface area contributed by atoms with E-state index in [2.05, 4.69) is 20.3 Å². The zero-order valence-corrected chi connectivity index (χ0v) is 21.6. The van der Waals surface area contributed by atoms with Crippen LogP contribution in [-0.4, -0.2) is 55.0 Å². The molecule has 0 saturated heterocycles. The zero-order chi connectivity index (χ0) is 26.2. The molecule has 0 fully saturated rings. The Morgan fingerprint density at radius 1 is 1.19 bits per heavy atom. The number of nitrogens with two attached hydrogens (primary N) is 1. The minimum Gasteiger partial charge on any atom is -0.386 e. The molecule has 3 aromatic heterocycles. The molecule has 3 N–H and O–H groups in total. The van der Waals surface area contributed by atoms with Crippen LogP contribution < -0.4 is 11.1 Å². The maximum Gasteiger partial charge on any atom is 0.270 e. The molecule has 9 nitrogen and oxygen atoms in total. The van der Waals surface area contributed by atoms with E-state index in [0.717, 1.165) is 12.2 Å². The van der Waals surface area contributed by atoms with Gasteiger partial charge in [-0.05, 0) is 50.5 Å². The molecule has 0 radical (unpaired) electrons. The summed E-state index contributed by atoms with van der Waals surface area (Å²) in [5.41, 5.74) is 7.80. The minimum atomic E-state index is -0.701. The number of fused-ring (bicyclic) bond motifs is 2. The fourth-order valence-electron chi connectivity index (χ4n) is 4.33. The molecule has 1 aliphatic heterocycles. The van der Waals surface area contributed by atoms with Crippen molar-refractivity contribution in [2.75, 3.05) is 18.6 Å². The van der Waals surface area contributed by atoms with Crippen molar-refractivity contribution in [1.29, 1.82) is 0 Å². The second-order valence-corrected chi connectivity index (χ2v) is 10.3. The van der Waals surface area contributed by atoms with Gasteiger partial charge in [-0.25, -0.2) is 29.0 Å². The van der Waals surface area contributed by atoms with Crippen molar-refractivity contribution < 1.29 is 9.18 Å². The van der Waals surface area contributed by atoms with Crippen molar-refractivity contribution in [3.8, 4) is 11.5 Å². The molecular formula is C26H27FN8OS. The number of halogens is 1. The number of hydrogen-bond acceptors (Lipinski definition) is 8. The predicted octanol–water partition coefficient (Wildman–Crippen LogP) is 3.84. The quantitative estimate of drug-likeness (QED) is 0.340. The fraction of sp³-hybridized carbons (Fsp3) is 0.308. The topological polar surface area (TPSA) is 124 Å². The summed E-state index contributed by atoms with van der Waals surface area (Å²) in [6, 6.07) is 10.2. The Hall–Kier alpha value is -3.86. The Morgan fingerprint density at radius 2 is 2.00 bits per heavy atom.